The number of fused-ring (bicyclic) bond motifs is 1. The van der Waals surface area contributed by atoms with Crippen LogP contribution in [0.1, 0.15) is 22.5 Å². The first-order chi connectivity index (χ1) is 13.6. The topological polar surface area (TPSA) is 86.2 Å². The summed E-state index contributed by atoms with van der Waals surface area (Å²) in [5.41, 5.74) is 11.4. The number of anilines is 1. The molecule has 0 fully saturated rings. The third kappa shape index (κ3) is 3.68. The van der Waals surface area contributed by atoms with Gasteiger partial charge in [0.05, 0.1) is 24.2 Å². The van der Waals surface area contributed by atoms with Gasteiger partial charge in [0.2, 0.25) is 5.95 Å². The number of aliphatic hydroxyl groups excluding tert-OH is 1. The number of hydrogen-bond acceptors (Lipinski definition) is 5. The molecule has 0 bridgehead atoms. The predicted octanol–water partition coefficient (Wildman–Crippen LogP) is 3.44. The van der Waals surface area contributed by atoms with Crippen LogP contribution in [0.3, 0.4) is 0 Å². The molecule has 6 heteroatoms. The molecule has 4 aromatic rings. The fraction of sp³-hybridized carbons (Fsp3) is 0.182. The monoisotopic (exact) mass is 374 g/mol. The van der Waals surface area contributed by atoms with E-state index in [2.05, 4.69) is 9.97 Å². The maximum atomic E-state index is 9.45. The molecule has 0 amide bonds. The highest BCUT2D eigenvalue weighted by atomic mass is 16.5. The van der Waals surface area contributed by atoms with E-state index in [9.17, 15) is 5.11 Å². The first kappa shape index (κ1) is 18.0. The second-order valence-corrected chi connectivity index (χ2v) is 6.71. The summed E-state index contributed by atoms with van der Waals surface area (Å²) < 4.78 is 7.94. The van der Waals surface area contributed by atoms with Crippen molar-refractivity contribution < 1.29 is 9.84 Å². The van der Waals surface area contributed by atoms with Crippen molar-refractivity contribution in [1.29, 1.82) is 0 Å². The van der Waals surface area contributed by atoms with Gasteiger partial charge in [0.25, 0.3) is 0 Å². The van der Waals surface area contributed by atoms with Crippen LogP contribution in [0, 0.1) is 6.92 Å². The molecule has 0 unspecified atom stereocenters. The Balaban J connectivity index is 1.67. The van der Waals surface area contributed by atoms with Crippen LogP contribution in [0.5, 0.6) is 5.75 Å². The molecule has 142 valence electrons. The van der Waals surface area contributed by atoms with Gasteiger partial charge in [-0.2, -0.15) is 0 Å². The van der Waals surface area contributed by atoms with Gasteiger partial charge in [0.1, 0.15) is 18.1 Å². The molecule has 0 aliphatic rings. The largest absolute Gasteiger partial charge is 0.487 e. The van der Waals surface area contributed by atoms with E-state index < -0.39 is 0 Å². The van der Waals surface area contributed by atoms with Crippen LogP contribution < -0.4 is 10.5 Å². The van der Waals surface area contributed by atoms with Gasteiger partial charge in [-0.05, 0) is 42.3 Å². The lowest BCUT2D eigenvalue weighted by atomic mass is 10.2. The molecule has 4 rings (SSSR count). The van der Waals surface area contributed by atoms with Crippen molar-refractivity contribution in [2.75, 3.05) is 5.73 Å². The zero-order chi connectivity index (χ0) is 19.5. The van der Waals surface area contributed by atoms with Gasteiger partial charge < -0.3 is 20.1 Å². The fourth-order valence-corrected chi connectivity index (χ4v) is 3.18. The van der Waals surface area contributed by atoms with Gasteiger partial charge >= 0.3 is 0 Å². The minimum Gasteiger partial charge on any atom is -0.487 e. The van der Waals surface area contributed by atoms with E-state index in [1.165, 1.54) is 0 Å². The van der Waals surface area contributed by atoms with Gasteiger partial charge in [0, 0.05) is 5.69 Å². The van der Waals surface area contributed by atoms with E-state index in [1.54, 1.807) is 0 Å². The molecule has 0 aliphatic carbocycles. The van der Waals surface area contributed by atoms with Crippen LogP contribution in [0.15, 0.2) is 60.7 Å². The summed E-state index contributed by atoms with van der Waals surface area (Å²) in [7, 11) is 0. The van der Waals surface area contributed by atoms with Crippen LogP contribution in [-0.2, 0) is 19.8 Å². The quantitative estimate of drug-likeness (QED) is 0.540. The maximum absolute atomic E-state index is 9.45. The number of nitrogens with zero attached hydrogens (tertiary/aromatic N) is 3. The number of rotatable bonds is 6. The molecule has 0 saturated carbocycles. The first-order valence-electron chi connectivity index (χ1n) is 9.13. The predicted molar refractivity (Wildman–Crippen MR) is 109 cm³/mol. The number of benzene rings is 2. The van der Waals surface area contributed by atoms with Crippen LogP contribution >= 0.6 is 0 Å². The summed E-state index contributed by atoms with van der Waals surface area (Å²) in [6.45, 7) is 2.81. The molecular weight excluding hydrogens is 352 g/mol. The van der Waals surface area contributed by atoms with Crippen molar-refractivity contribution in [2.45, 2.75) is 26.7 Å². The number of aromatic nitrogens is 3. The molecule has 28 heavy (non-hydrogen) atoms. The zero-order valence-corrected chi connectivity index (χ0v) is 15.7. The molecular formula is C22H22N4O2. The molecule has 2 heterocycles. The van der Waals surface area contributed by atoms with Crippen molar-refractivity contribution in [2.24, 2.45) is 0 Å². The van der Waals surface area contributed by atoms with E-state index in [4.69, 9.17) is 10.5 Å². The van der Waals surface area contributed by atoms with Crippen molar-refractivity contribution in [1.82, 2.24) is 14.5 Å². The Kier molecular flexibility index (Phi) is 4.95. The summed E-state index contributed by atoms with van der Waals surface area (Å²) in [5, 5.41) is 9.45. The van der Waals surface area contributed by atoms with Gasteiger partial charge in [-0.25, -0.2) is 4.98 Å². The average Bonchev–Trinajstić information content (AvgIpc) is 3.02. The van der Waals surface area contributed by atoms with E-state index in [-0.39, 0.29) is 6.61 Å². The normalized spacial score (nSPS) is 11.1. The lowest BCUT2D eigenvalue weighted by molar-refractivity contribution is 0.282. The van der Waals surface area contributed by atoms with Crippen LogP contribution in [-0.4, -0.2) is 19.6 Å². The number of ether oxygens (including phenoxy) is 1. The van der Waals surface area contributed by atoms with E-state index in [1.807, 2.05) is 72.2 Å². The van der Waals surface area contributed by atoms with Crippen LogP contribution in [0.2, 0.25) is 0 Å². The maximum Gasteiger partial charge on any atom is 0.201 e. The minimum atomic E-state index is -0.0326. The standard InChI is InChI=1S/C22H22N4O2/c1-15-7-10-21(28-14-16-5-3-2-4-6-16)19(24-15)12-26-20-11-17(13-27)8-9-18(20)25-22(26)23/h2-11,27H,12-14H2,1H3,(H2,23,25). The number of nitrogens with two attached hydrogens (primary N) is 1. The summed E-state index contributed by atoms with van der Waals surface area (Å²) in [6.07, 6.45) is 0. The van der Waals surface area contributed by atoms with E-state index >= 15 is 0 Å². The van der Waals surface area contributed by atoms with E-state index in [0.29, 0.717) is 24.8 Å². The lowest BCUT2D eigenvalue weighted by Crippen LogP contribution is -2.09. The number of hydrogen-bond donors (Lipinski definition) is 2. The van der Waals surface area contributed by atoms with Crippen LogP contribution in [0.4, 0.5) is 5.95 Å². The van der Waals surface area contributed by atoms with Gasteiger partial charge in [0.15, 0.2) is 0 Å². The Morgan fingerprint density at radius 2 is 1.82 bits per heavy atom. The average molecular weight is 374 g/mol. The minimum absolute atomic E-state index is 0.0326. The van der Waals surface area contributed by atoms with Crippen molar-refractivity contribution in [3.63, 3.8) is 0 Å². The second-order valence-electron chi connectivity index (χ2n) is 6.71. The number of aliphatic hydroxyl groups is 1. The van der Waals surface area contributed by atoms with E-state index in [0.717, 1.165) is 33.5 Å². The Bertz CT molecular complexity index is 1110. The first-order valence-corrected chi connectivity index (χ1v) is 9.13. The van der Waals surface area contributed by atoms with Gasteiger partial charge in [-0.15, -0.1) is 0 Å². The molecule has 0 saturated heterocycles. The highest BCUT2D eigenvalue weighted by Gasteiger charge is 2.14. The Labute approximate surface area is 163 Å². The smallest absolute Gasteiger partial charge is 0.201 e. The Morgan fingerprint density at radius 1 is 1.00 bits per heavy atom. The summed E-state index contributed by atoms with van der Waals surface area (Å²) in [6, 6.07) is 19.5. The third-order valence-corrected chi connectivity index (χ3v) is 4.64. The molecule has 0 atom stereocenters. The summed E-state index contributed by atoms with van der Waals surface area (Å²) >= 11 is 0. The summed E-state index contributed by atoms with van der Waals surface area (Å²) in [4.78, 5) is 9.09. The molecule has 2 aromatic heterocycles. The van der Waals surface area contributed by atoms with Crippen LogP contribution in [0.25, 0.3) is 11.0 Å². The van der Waals surface area contributed by atoms with Crippen molar-refractivity contribution >= 4 is 17.0 Å². The SMILES string of the molecule is Cc1ccc(OCc2ccccc2)c(Cn2c(N)nc3ccc(CO)cc32)n1. The molecule has 2 aromatic carbocycles. The zero-order valence-electron chi connectivity index (χ0n) is 15.7. The van der Waals surface area contributed by atoms with Gasteiger partial charge in [-0.3, -0.25) is 4.98 Å². The second kappa shape index (κ2) is 7.70. The molecule has 0 spiro atoms. The van der Waals surface area contributed by atoms with Crippen molar-refractivity contribution in [3.05, 3.63) is 83.2 Å². The van der Waals surface area contributed by atoms with Gasteiger partial charge in [-0.1, -0.05) is 36.4 Å². The fourth-order valence-electron chi connectivity index (χ4n) is 3.18. The third-order valence-electron chi connectivity index (χ3n) is 4.64. The number of pyridine rings is 1. The number of nitrogen functional groups attached to an aromatic ring is 1. The molecule has 6 nitrogen and oxygen atoms in total. The summed E-state index contributed by atoms with van der Waals surface area (Å²) in [5.74, 6) is 1.12. The lowest BCUT2D eigenvalue weighted by Gasteiger charge is -2.13. The highest BCUT2D eigenvalue weighted by molar-refractivity contribution is 5.79. The Morgan fingerprint density at radius 3 is 2.61 bits per heavy atom. The van der Waals surface area contributed by atoms with Crippen molar-refractivity contribution in [3.8, 4) is 5.75 Å². The molecule has 0 radical (unpaired) electrons. The molecule has 3 N–H and O–H groups in total. The number of aryl methyl sites for hydroxylation is 1. The Hall–Kier alpha value is -3.38. The number of imidazole rings is 1. The highest BCUT2D eigenvalue weighted by Crippen LogP contribution is 2.25. The molecule has 0 aliphatic heterocycles.